The standard InChI is InChI=1S/C19H19ClN2O3/c20-13-5-3-12(4-6-13)18-17(24)9-11-22(18)19(25)15-7-8-16(23)14-2-1-10-21(14)15/h1-6,10,15,17-18,24H,7-9,11H2/t15?,17-,18-/m1/s1. The van der Waals surface area contributed by atoms with Crippen molar-refractivity contribution in [3.63, 3.8) is 0 Å². The van der Waals surface area contributed by atoms with E-state index in [-0.39, 0.29) is 23.8 Å². The van der Waals surface area contributed by atoms with E-state index in [4.69, 9.17) is 11.6 Å². The van der Waals surface area contributed by atoms with E-state index in [0.29, 0.717) is 36.5 Å². The van der Waals surface area contributed by atoms with Crippen molar-refractivity contribution in [3.05, 3.63) is 58.9 Å². The van der Waals surface area contributed by atoms with E-state index in [1.54, 1.807) is 39.9 Å². The van der Waals surface area contributed by atoms with Crippen LogP contribution >= 0.6 is 11.6 Å². The smallest absolute Gasteiger partial charge is 0.246 e. The number of Topliss-reactive ketones (excluding diaryl/α,β-unsaturated/α-hetero) is 1. The molecule has 1 saturated heterocycles. The first-order valence-electron chi connectivity index (χ1n) is 8.50. The van der Waals surface area contributed by atoms with E-state index in [0.717, 1.165) is 5.56 Å². The molecule has 5 nitrogen and oxygen atoms in total. The summed E-state index contributed by atoms with van der Waals surface area (Å²) < 4.78 is 1.78. The van der Waals surface area contributed by atoms with Gasteiger partial charge >= 0.3 is 0 Å². The predicted molar refractivity (Wildman–Crippen MR) is 93.6 cm³/mol. The van der Waals surface area contributed by atoms with Crippen LogP contribution in [-0.2, 0) is 4.79 Å². The lowest BCUT2D eigenvalue weighted by Gasteiger charge is -2.33. The molecule has 0 bridgehead atoms. The van der Waals surface area contributed by atoms with Gasteiger partial charge in [0.15, 0.2) is 5.78 Å². The minimum atomic E-state index is -0.598. The molecule has 2 aliphatic heterocycles. The second kappa shape index (κ2) is 6.32. The van der Waals surface area contributed by atoms with Gasteiger partial charge in [-0.05, 0) is 42.7 Å². The first-order valence-corrected chi connectivity index (χ1v) is 8.88. The maximum atomic E-state index is 13.2. The minimum Gasteiger partial charge on any atom is -0.391 e. The number of rotatable bonds is 2. The molecule has 0 aliphatic carbocycles. The maximum absolute atomic E-state index is 13.2. The van der Waals surface area contributed by atoms with Crippen LogP contribution in [0, 0.1) is 0 Å². The number of halogens is 1. The molecule has 2 aromatic rings. The quantitative estimate of drug-likeness (QED) is 0.897. The van der Waals surface area contributed by atoms with E-state index in [2.05, 4.69) is 0 Å². The van der Waals surface area contributed by atoms with E-state index in [1.165, 1.54) is 0 Å². The van der Waals surface area contributed by atoms with Crippen molar-refractivity contribution in [2.75, 3.05) is 6.54 Å². The van der Waals surface area contributed by atoms with Crippen LogP contribution in [0.4, 0.5) is 0 Å². The number of likely N-dealkylation sites (tertiary alicyclic amines) is 1. The van der Waals surface area contributed by atoms with Crippen LogP contribution < -0.4 is 0 Å². The summed E-state index contributed by atoms with van der Waals surface area (Å²) >= 11 is 5.95. The largest absolute Gasteiger partial charge is 0.391 e. The predicted octanol–water partition coefficient (Wildman–Crippen LogP) is 2.99. The van der Waals surface area contributed by atoms with Gasteiger partial charge in [-0.15, -0.1) is 0 Å². The van der Waals surface area contributed by atoms with E-state index >= 15 is 0 Å². The third kappa shape index (κ3) is 2.77. The third-order valence-electron chi connectivity index (χ3n) is 5.19. The van der Waals surface area contributed by atoms with Gasteiger partial charge in [-0.3, -0.25) is 9.59 Å². The molecule has 6 heteroatoms. The lowest BCUT2D eigenvalue weighted by atomic mass is 9.98. The fraction of sp³-hybridized carbons (Fsp3) is 0.368. The Morgan fingerprint density at radius 3 is 2.68 bits per heavy atom. The summed E-state index contributed by atoms with van der Waals surface area (Å²) in [4.78, 5) is 27.0. The summed E-state index contributed by atoms with van der Waals surface area (Å²) in [7, 11) is 0. The molecule has 2 aliphatic rings. The molecule has 25 heavy (non-hydrogen) atoms. The molecule has 130 valence electrons. The van der Waals surface area contributed by atoms with Crippen molar-refractivity contribution >= 4 is 23.3 Å². The van der Waals surface area contributed by atoms with Crippen molar-refractivity contribution in [2.45, 2.75) is 37.5 Å². The van der Waals surface area contributed by atoms with E-state index in [9.17, 15) is 14.7 Å². The van der Waals surface area contributed by atoms with Gasteiger partial charge in [0.05, 0.1) is 17.8 Å². The Balaban J connectivity index is 1.64. The Morgan fingerprint density at radius 1 is 1.16 bits per heavy atom. The Labute approximate surface area is 150 Å². The second-order valence-corrected chi connectivity index (χ2v) is 7.10. The van der Waals surface area contributed by atoms with Crippen LogP contribution in [0.2, 0.25) is 5.02 Å². The van der Waals surface area contributed by atoms with Gasteiger partial charge in [0, 0.05) is 24.2 Å². The highest BCUT2D eigenvalue weighted by molar-refractivity contribution is 6.30. The van der Waals surface area contributed by atoms with Gasteiger partial charge in [0.25, 0.3) is 0 Å². The number of benzene rings is 1. The molecule has 1 aromatic heterocycles. The highest BCUT2D eigenvalue weighted by Gasteiger charge is 2.41. The van der Waals surface area contributed by atoms with Gasteiger partial charge in [0.1, 0.15) is 6.04 Å². The number of nitrogens with zero attached hydrogens (tertiary/aromatic N) is 2. The summed E-state index contributed by atoms with van der Waals surface area (Å²) in [6.07, 6.45) is 2.61. The van der Waals surface area contributed by atoms with Crippen molar-refractivity contribution in [1.82, 2.24) is 9.47 Å². The van der Waals surface area contributed by atoms with Crippen LogP contribution in [0.25, 0.3) is 0 Å². The zero-order valence-electron chi connectivity index (χ0n) is 13.6. The SMILES string of the molecule is O=C1CCC(C(=O)N2CC[C@@H](O)[C@H]2c2ccc(Cl)cc2)n2cccc21. The van der Waals surface area contributed by atoms with Gasteiger partial charge in [-0.1, -0.05) is 23.7 Å². The summed E-state index contributed by atoms with van der Waals surface area (Å²) in [5.41, 5.74) is 1.47. The monoisotopic (exact) mass is 358 g/mol. The Hall–Kier alpha value is -2.11. The summed E-state index contributed by atoms with van der Waals surface area (Å²) in [6, 6.07) is 10.1. The van der Waals surface area contributed by atoms with Crippen molar-refractivity contribution in [2.24, 2.45) is 0 Å². The molecule has 3 atom stereocenters. The molecule has 1 aromatic carbocycles. The highest BCUT2D eigenvalue weighted by Crippen LogP contribution is 2.36. The average Bonchev–Trinajstić information content (AvgIpc) is 3.23. The molecule has 1 N–H and O–H groups in total. The Bertz CT molecular complexity index is 814. The summed E-state index contributed by atoms with van der Waals surface area (Å²) in [6.45, 7) is 0.508. The van der Waals surface area contributed by atoms with Gasteiger partial charge < -0.3 is 14.6 Å². The van der Waals surface area contributed by atoms with Crippen LogP contribution in [0.5, 0.6) is 0 Å². The zero-order chi connectivity index (χ0) is 17.6. The number of carbonyl (C=O) groups excluding carboxylic acids is 2. The number of ketones is 1. The van der Waals surface area contributed by atoms with Crippen LogP contribution in [-0.4, -0.2) is 38.9 Å². The first kappa shape index (κ1) is 16.4. The molecule has 0 radical (unpaired) electrons. The van der Waals surface area contributed by atoms with Gasteiger partial charge in [0.2, 0.25) is 5.91 Å². The van der Waals surface area contributed by atoms with Crippen molar-refractivity contribution in [3.8, 4) is 0 Å². The Kier molecular flexibility index (Phi) is 4.13. The number of aromatic nitrogens is 1. The van der Waals surface area contributed by atoms with Crippen molar-refractivity contribution < 1.29 is 14.7 Å². The average molecular weight is 359 g/mol. The second-order valence-electron chi connectivity index (χ2n) is 6.66. The van der Waals surface area contributed by atoms with Crippen molar-refractivity contribution in [1.29, 1.82) is 0 Å². The molecule has 1 fully saturated rings. The molecule has 0 saturated carbocycles. The molecule has 3 heterocycles. The highest BCUT2D eigenvalue weighted by atomic mass is 35.5. The minimum absolute atomic E-state index is 0.0403. The van der Waals surface area contributed by atoms with Crippen LogP contribution in [0.15, 0.2) is 42.6 Å². The number of fused-ring (bicyclic) bond motifs is 1. The van der Waals surface area contributed by atoms with Crippen LogP contribution in [0.3, 0.4) is 0 Å². The first-order chi connectivity index (χ1) is 12.1. The number of aliphatic hydroxyl groups is 1. The van der Waals surface area contributed by atoms with E-state index in [1.807, 2.05) is 12.1 Å². The van der Waals surface area contributed by atoms with Gasteiger partial charge in [-0.2, -0.15) is 0 Å². The summed E-state index contributed by atoms with van der Waals surface area (Å²) in [5, 5.41) is 11.1. The maximum Gasteiger partial charge on any atom is 0.246 e. The molecule has 4 rings (SSSR count). The van der Waals surface area contributed by atoms with E-state index < -0.39 is 6.10 Å². The third-order valence-corrected chi connectivity index (χ3v) is 5.44. The lowest BCUT2D eigenvalue weighted by Crippen LogP contribution is -2.40. The number of hydrogen-bond acceptors (Lipinski definition) is 3. The molecule has 1 unspecified atom stereocenters. The molecular formula is C19H19ClN2O3. The number of carbonyl (C=O) groups is 2. The van der Waals surface area contributed by atoms with Gasteiger partial charge in [-0.25, -0.2) is 0 Å². The lowest BCUT2D eigenvalue weighted by molar-refractivity contribution is -0.137. The Morgan fingerprint density at radius 2 is 1.92 bits per heavy atom. The van der Waals surface area contributed by atoms with Crippen LogP contribution in [0.1, 0.15) is 47.4 Å². The summed E-state index contributed by atoms with van der Waals surface area (Å²) in [5.74, 6) is 0.0335. The molecular weight excluding hydrogens is 340 g/mol. The fourth-order valence-corrected chi connectivity index (χ4v) is 4.08. The fourth-order valence-electron chi connectivity index (χ4n) is 3.96. The number of amides is 1. The molecule has 1 amide bonds. The molecule has 0 spiro atoms. The zero-order valence-corrected chi connectivity index (χ0v) is 14.4. The topological polar surface area (TPSA) is 62.5 Å². The number of hydrogen-bond donors (Lipinski definition) is 1. The normalized spacial score (nSPS) is 25.9. The number of aliphatic hydroxyl groups excluding tert-OH is 1.